The fourth-order valence-electron chi connectivity index (χ4n) is 2.61. The molecular weight excluding hydrogens is 326 g/mol. The number of nitrogens with two attached hydrogens (primary N) is 1. The summed E-state index contributed by atoms with van der Waals surface area (Å²) < 4.78 is 4.75. The van der Waals surface area contributed by atoms with Gasteiger partial charge in [0.2, 0.25) is 0 Å². The molecule has 2 aromatic rings. The maximum Gasteiger partial charge on any atom is 0.337 e. The zero-order chi connectivity index (χ0) is 19.2. The summed E-state index contributed by atoms with van der Waals surface area (Å²) in [6.45, 7) is 8.77. The average molecular weight is 355 g/mol. The molecule has 1 aromatic heterocycles. The molecule has 0 fully saturated rings. The van der Waals surface area contributed by atoms with E-state index < -0.39 is 0 Å². The molecule has 0 unspecified atom stereocenters. The summed E-state index contributed by atoms with van der Waals surface area (Å²) in [7, 11) is 1.39. The van der Waals surface area contributed by atoms with Gasteiger partial charge in [0.25, 0.3) is 0 Å². The third-order valence-electron chi connectivity index (χ3n) is 4.48. The number of ether oxygens (including phenoxy) is 1. The van der Waals surface area contributed by atoms with Crippen molar-refractivity contribution in [3.05, 3.63) is 65.5 Å². The van der Waals surface area contributed by atoms with Crippen molar-refractivity contribution in [2.45, 2.75) is 39.9 Å². The van der Waals surface area contributed by atoms with E-state index in [-0.39, 0.29) is 17.4 Å². The number of esters is 1. The van der Waals surface area contributed by atoms with Gasteiger partial charge in [-0.15, -0.1) is 0 Å². The predicted octanol–water partition coefficient (Wildman–Crippen LogP) is 3.24. The molecule has 5 heteroatoms. The minimum absolute atomic E-state index is 0.0297. The molecule has 26 heavy (non-hydrogen) atoms. The molecule has 140 valence electrons. The van der Waals surface area contributed by atoms with E-state index in [1.807, 2.05) is 24.4 Å². The van der Waals surface area contributed by atoms with Crippen LogP contribution in [0.15, 0.2) is 48.8 Å². The number of rotatable bonds is 7. The highest BCUT2D eigenvalue weighted by Gasteiger charge is 2.23. The second-order valence-electron chi connectivity index (χ2n) is 7.69. The second-order valence-corrected chi connectivity index (χ2v) is 7.69. The van der Waals surface area contributed by atoms with Crippen LogP contribution in [0.4, 0.5) is 0 Å². The Morgan fingerprint density at radius 2 is 1.81 bits per heavy atom. The van der Waals surface area contributed by atoms with Crippen molar-refractivity contribution >= 4 is 5.97 Å². The van der Waals surface area contributed by atoms with Crippen LogP contribution in [0.1, 0.15) is 42.3 Å². The first kappa shape index (κ1) is 20.1. The van der Waals surface area contributed by atoms with Crippen LogP contribution in [0.25, 0.3) is 0 Å². The standard InChI is InChI=1S/C21H29N3O2/c1-21(2,3)19(22)15-24(14-17-6-5-11-23-12-17)13-16-7-9-18(10-8-16)20(25)26-4/h5-12,19H,13-15,22H2,1-4H3/t19-/m1/s1. The summed E-state index contributed by atoms with van der Waals surface area (Å²) in [4.78, 5) is 18.1. The Morgan fingerprint density at radius 3 is 2.35 bits per heavy atom. The van der Waals surface area contributed by atoms with Gasteiger partial charge in [-0.2, -0.15) is 0 Å². The largest absolute Gasteiger partial charge is 0.465 e. The van der Waals surface area contributed by atoms with E-state index in [0.29, 0.717) is 5.56 Å². The van der Waals surface area contributed by atoms with Crippen LogP contribution in [-0.4, -0.2) is 35.5 Å². The molecule has 1 heterocycles. The number of aromatic nitrogens is 1. The second kappa shape index (κ2) is 8.92. The quantitative estimate of drug-likeness (QED) is 0.772. The first-order valence-electron chi connectivity index (χ1n) is 8.83. The molecule has 0 saturated carbocycles. The Hall–Kier alpha value is -2.24. The van der Waals surface area contributed by atoms with Gasteiger partial charge in [0.1, 0.15) is 0 Å². The highest BCUT2D eigenvalue weighted by atomic mass is 16.5. The number of hydrogen-bond donors (Lipinski definition) is 1. The smallest absolute Gasteiger partial charge is 0.337 e. The number of methoxy groups -OCH3 is 1. The summed E-state index contributed by atoms with van der Waals surface area (Å²) in [5.41, 5.74) is 9.29. The first-order chi connectivity index (χ1) is 12.3. The highest BCUT2D eigenvalue weighted by Crippen LogP contribution is 2.20. The van der Waals surface area contributed by atoms with Crippen molar-refractivity contribution in [1.82, 2.24) is 9.88 Å². The number of hydrogen-bond acceptors (Lipinski definition) is 5. The molecular formula is C21H29N3O2. The third kappa shape index (κ3) is 5.93. The fraction of sp³-hybridized carbons (Fsp3) is 0.429. The summed E-state index contributed by atoms with van der Waals surface area (Å²) in [6.07, 6.45) is 3.66. The lowest BCUT2D eigenvalue weighted by atomic mass is 9.87. The van der Waals surface area contributed by atoms with Crippen LogP contribution < -0.4 is 5.73 Å². The number of carbonyl (C=O) groups excluding carboxylic acids is 1. The molecule has 0 amide bonds. The molecule has 0 spiro atoms. The summed E-state index contributed by atoms with van der Waals surface area (Å²) in [5, 5.41) is 0. The van der Waals surface area contributed by atoms with Crippen molar-refractivity contribution in [3.63, 3.8) is 0 Å². The number of nitrogens with zero attached hydrogens (tertiary/aromatic N) is 2. The molecule has 1 aromatic carbocycles. The van der Waals surface area contributed by atoms with E-state index in [9.17, 15) is 4.79 Å². The Labute approximate surface area is 156 Å². The van der Waals surface area contributed by atoms with Crippen LogP contribution in [0.3, 0.4) is 0 Å². The van der Waals surface area contributed by atoms with Crippen molar-refractivity contribution in [2.24, 2.45) is 11.1 Å². The van der Waals surface area contributed by atoms with Crippen LogP contribution >= 0.6 is 0 Å². The Bertz CT molecular complexity index is 693. The summed E-state index contributed by atoms with van der Waals surface area (Å²) >= 11 is 0. The van der Waals surface area contributed by atoms with Crippen LogP contribution in [-0.2, 0) is 17.8 Å². The lowest BCUT2D eigenvalue weighted by Gasteiger charge is -2.33. The lowest BCUT2D eigenvalue weighted by molar-refractivity contribution is 0.0600. The van der Waals surface area contributed by atoms with Gasteiger partial charge in [0, 0.05) is 38.1 Å². The lowest BCUT2D eigenvalue weighted by Crippen LogP contribution is -2.45. The molecule has 2 N–H and O–H groups in total. The molecule has 0 radical (unpaired) electrons. The zero-order valence-corrected chi connectivity index (χ0v) is 16.1. The Morgan fingerprint density at radius 1 is 1.15 bits per heavy atom. The third-order valence-corrected chi connectivity index (χ3v) is 4.48. The molecule has 2 rings (SSSR count). The summed E-state index contributed by atoms with van der Waals surface area (Å²) in [6, 6.07) is 11.6. The molecule has 5 nitrogen and oxygen atoms in total. The van der Waals surface area contributed by atoms with Crippen molar-refractivity contribution in [1.29, 1.82) is 0 Å². The number of carbonyl (C=O) groups is 1. The molecule has 0 bridgehead atoms. The van der Waals surface area contributed by atoms with Gasteiger partial charge in [0.15, 0.2) is 0 Å². The number of pyridine rings is 1. The maximum atomic E-state index is 11.6. The molecule has 0 aliphatic heterocycles. The van der Waals surface area contributed by atoms with E-state index in [2.05, 4.69) is 36.7 Å². The van der Waals surface area contributed by atoms with E-state index in [4.69, 9.17) is 10.5 Å². The van der Waals surface area contributed by atoms with Crippen LogP contribution in [0.2, 0.25) is 0 Å². The van der Waals surface area contributed by atoms with Gasteiger partial charge in [-0.1, -0.05) is 39.0 Å². The van der Waals surface area contributed by atoms with Gasteiger partial charge >= 0.3 is 5.97 Å². The maximum absolute atomic E-state index is 11.6. The average Bonchev–Trinajstić information content (AvgIpc) is 2.61. The molecule has 1 atom stereocenters. The van der Waals surface area contributed by atoms with Crippen molar-refractivity contribution in [3.8, 4) is 0 Å². The van der Waals surface area contributed by atoms with Gasteiger partial charge in [-0.05, 0) is 34.7 Å². The predicted molar refractivity (Wildman–Crippen MR) is 104 cm³/mol. The molecule has 0 aliphatic carbocycles. The minimum atomic E-state index is -0.321. The van der Waals surface area contributed by atoms with Crippen molar-refractivity contribution < 1.29 is 9.53 Å². The van der Waals surface area contributed by atoms with E-state index in [1.54, 1.807) is 18.3 Å². The van der Waals surface area contributed by atoms with E-state index >= 15 is 0 Å². The zero-order valence-electron chi connectivity index (χ0n) is 16.1. The normalized spacial score (nSPS) is 12.8. The Kier molecular flexibility index (Phi) is 6.89. The van der Waals surface area contributed by atoms with Gasteiger partial charge in [-0.3, -0.25) is 9.88 Å². The van der Waals surface area contributed by atoms with Crippen molar-refractivity contribution in [2.75, 3.05) is 13.7 Å². The minimum Gasteiger partial charge on any atom is -0.465 e. The fourth-order valence-corrected chi connectivity index (χ4v) is 2.61. The number of benzene rings is 1. The van der Waals surface area contributed by atoms with E-state index in [0.717, 1.165) is 30.8 Å². The Balaban J connectivity index is 2.13. The van der Waals surface area contributed by atoms with Crippen LogP contribution in [0.5, 0.6) is 0 Å². The monoisotopic (exact) mass is 355 g/mol. The van der Waals surface area contributed by atoms with Crippen LogP contribution in [0, 0.1) is 5.41 Å². The van der Waals surface area contributed by atoms with E-state index in [1.165, 1.54) is 7.11 Å². The molecule has 0 saturated heterocycles. The van der Waals surface area contributed by atoms with Gasteiger partial charge in [-0.25, -0.2) is 4.79 Å². The summed E-state index contributed by atoms with van der Waals surface area (Å²) in [5.74, 6) is -0.321. The highest BCUT2D eigenvalue weighted by molar-refractivity contribution is 5.89. The molecule has 0 aliphatic rings. The SMILES string of the molecule is COC(=O)c1ccc(CN(Cc2cccnc2)C[C@@H](N)C(C)(C)C)cc1. The first-order valence-corrected chi connectivity index (χ1v) is 8.83. The van der Waals surface area contributed by atoms with Gasteiger partial charge in [0.05, 0.1) is 12.7 Å². The van der Waals surface area contributed by atoms with Gasteiger partial charge < -0.3 is 10.5 Å². The topological polar surface area (TPSA) is 68.5 Å².